The van der Waals surface area contributed by atoms with Crippen LogP contribution in [0.2, 0.25) is 0 Å². The Balaban J connectivity index is 2.12. The van der Waals surface area contributed by atoms with Crippen LogP contribution in [0.1, 0.15) is 13.8 Å². The van der Waals surface area contributed by atoms with Crippen molar-refractivity contribution in [3.05, 3.63) is 0 Å². The maximum atomic E-state index is 5.37. The molecule has 2 rings (SSSR count). The number of piperazine rings is 1. The zero-order valence-electron chi connectivity index (χ0n) is 11.5. The molecular weight excluding hydrogens is 246 g/mol. The van der Waals surface area contributed by atoms with Gasteiger partial charge in [-0.2, -0.15) is 15.0 Å². The quantitative estimate of drug-likeness (QED) is 0.555. The zero-order valence-corrected chi connectivity index (χ0v) is 11.5. The van der Waals surface area contributed by atoms with Gasteiger partial charge in [-0.05, 0) is 13.5 Å². The minimum absolute atomic E-state index is 0.304. The fraction of sp³-hybridized carbons (Fsp3) is 0.727. The van der Waals surface area contributed by atoms with Crippen LogP contribution in [-0.4, -0.2) is 59.2 Å². The van der Waals surface area contributed by atoms with Crippen molar-refractivity contribution in [3.63, 3.8) is 0 Å². The number of rotatable bonds is 5. The molecule has 1 aliphatic heterocycles. The largest absolute Gasteiger partial charge is 0.464 e. The number of nitrogens with zero attached hydrogens (tertiary/aromatic N) is 5. The maximum absolute atomic E-state index is 5.37. The molecule has 8 heteroatoms. The molecule has 0 saturated carbocycles. The van der Waals surface area contributed by atoms with E-state index in [-0.39, 0.29) is 0 Å². The lowest BCUT2D eigenvalue weighted by Crippen LogP contribution is -2.46. The number of hydrazine groups is 1. The van der Waals surface area contributed by atoms with E-state index in [1.165, 1.54) is 0 Å². The van der Waals surface area contributed by atoms with Gasteiger partial charge in [0.2, 0.25) is 11.9 Å². The second-order valence-corrected chi connectivity index (χ2v) is 4.24. The van der Waals surface area contributed by atoms with Crippen LogP contribution in [0, 0.1) is 0 Å². The minimum atomic E-state index is 0.304. The van der Waals surface area contributed by atoms with Gasteiger partial charge in [0.15, 0.2) is 0 Å². The number of aromatic nitrogens is 3. The van der Waals surface area contributed by atoms with Crippen molar-refractivity contribution in [1.29, 1.82) is 0 Å². The SMILES string of the molecule is CCOc1nc(NN)nc(N2CCN(CC)CC2)n1. The first kappa shape index (κ1) is 13.8. The van der Waals surface area contributed by atoms with E-state index in [9.17, 15) is 0 Å². The number of hydrogen-bond acceptors (Lipinski definition) is 8. The van der Waals surface area contributed by atoms with Crippen LogP contribution >= 0.6 is 0 Å². The summed E-state index contributed by atoms with van der Waals surface area (Å²) >= 11 is 0. The lowest BCUT2D eigenvalue weighted by molar-refractivity contribution is 0.268. The van der Waals surface area contributed by atoms with Crippen molar-refractivity contribution in [2.24, 2.45) is 5.84 Å². The smallest absolute Gasteiger partial charge is 0.323 e. The summed E-state index contributed by atoms with van der Waals surface area (Å²) in [7, 11) is 0. The standard InChI is InChI=1S/C11H21N7O/c1-3-17-5-7-18(8-6-17)10-13-9(16-12)14-11(15-10)19-4-2/h3-8,12H2,1-2H3,(H,13,14,15,16). The second kappa shape index (κ2) is 6.48. The summed E-state index contributed by atoms with van der Waals surface area (Å²) in [6.07, 6.45) is 0. The van der Waals surface area contributed by atoms with Gasteiger partial charge < -0.3 is 14.5 Å². The number of ether oxygens (including phenoxy) is 1. The first-order valence-corrected chi connectivity index (χ1v) is 6.59. The van der Waals surface area contributed by atoms with Gasteiger partial charge in [-0.1, -0.05) is 6.92 Å². The van der Waals surface area contributed by atoms with Crippen LogP contribution in [0.15, 0.2) is 0 Å². The Bertz CT molecular complexity index is 406. The molecule has 0 aliphatic carbocycles. The van der Waals surface area contributed by atoms with Crippen LogP contribution in [0.3, 0.4) is 0 Å². The van der Waals surface area contributed by atoms with E-state index in [2.05, 4.69) is 37.1 Å². The summed E-state index contributed by atoms with van der Waals surface area (Å²) in [5, 5.41) is 0. The molecule has 1 aromatic rings. The molecule has 0 spiro atoms. The highest BCUT2D eigenvalue weighted by molar-refractivity contribution is 5.38. The van der Waals surface area contributed by atoms with Crippen LogP contribution in [-0.2, 0) is 0 Å². The van der Waals surface area contributed by atoms with Crippen LogP contribution in [0.25, 0.3) is 0 Å². The molecule has 1 fully saturated rings. The number of nitrogen functional groups attached to an aromatic ring is 1. The third-order valence-corrected chi connectivity index (χ3v) is 3.11. The van der Waals surface area contributed by atoms with Gasteiger partial charge in [-0.25, -0.2) is 5.84 Å². The summed E-state index contributed by atoms with van der Waals surface area (Å²) < 4.78 is 5.33. The second-order valence-electron chi connectivity index (χ2n) is 4.24. The van der Waals surface area contributed by atoms with E-state index in [4.69, 9.17) is 10.6 Å². The molecule has 106 valence electrons. The summed E-state index contributed by atoms with van der Waals surface area (Å²) in [5.74, 6) is 6.31. The molecular formula is C11H21N7O. The monoisotopic (exact) mass is 267 g/mol. The van der Waals surface area contributed by atoms with Gasteiger partial charge in [0.25, 0.3) is 0 Å². The third-order valence-electron chi connectivity index (χ3n) is 3.11. The van der Waals surface area contributed by atoms with Gasteiger partial charge in [0.05, 0.1) is 6.61 Å². The number of nitrogens with two attached hydrogens (primary N) is 1. The van der Waals surface area contributed by atoms with Gasteiger partial charge in [-0.3, -0.25) is 5.43 Å². The van der Waals surface area contributed by atoms with E-state index < -0.39 is 0 Å². The Kier molecular flexibility index (Phi) is 4.69. The highest BCUT2D eigenvalue weighted by Gasteiger charge is 2.19. The van der Waals surface area contributed by atoms with Crippen molar-refractivity contribution < 1.29 is 4.74 Å². The van der Waals surface area contributed by atoms with E-state index in [0.29, 0.717) is 24.5 Å². The van der Waals surface area contributed by atoms with Gasteiger partial charge >= 0.3 is 6.01 Å². The zero-order chi connectivity index (χ0) is 13.7. The average molecular weight is 267 g/mol. The highest BCUT2D eigenvalue weighted by atomic mass is 16.5. The number of hydrogen-bond donors (Lipinski definition) is 2. The Morgan fingerprint density at radius 1 is 1.16 bits per heavy atom. The Morgan fingerprint density at radius 2 is 1.89 bits per heavy atom. The van der Waals surface area contributed by atoms with Gasteiger partial charge in [-0.15, -0.1) is 0 Å². The first-order valence-electron chi connectivity index (χ1n) is 6.59. The number of nitrogens with one attached hydrogen (secondary N) is 1. The lowest BCUT2D eigenvalue weighted by Gasteiger charge is -2.34. The summed E-state index contributed by atoms with van der Waals surface area (Å²) in [4.78, 5) is 17.2. The van der Waals surface area contributed by atoms with Crippen molar-refractivity contribution in [2.75, 3.05) is 49.7 Å². The Hall–Kier alpha value is -1.67. The lowest BCUT2D eigenvalue weighted by atomic mass is 10.3. The molecule has 19 heavy (non-hydrogen) atoms. The fourth-order valence-corrected chi connectivity index (χ4v) is 2.01. The van der Waals surface area contributed by atoms with Crippen molar-refractivity contribution in [1.82, 2.24) is 19.9 Å². The predicted octanol–water partition coefficient (Wildman–Crippen LogP) is -0.302. The molecule has 2 heterocycles. The Morgan fingerprint density at radius 3 is 2.47 bits per heavy atom. The van der Waals surface area contributed by atoms with Gasteiger partial charge in [0.1, 0.15) is 0 Å². The molecule has 1 aliphatic rings. The normalized spacial score (nSPS) is 16.5. The predicted molar refractivity (Wildman–Crippen MR) is 73.1 cm³/mol. The maximum Gasteiger partial charge on any atom is 0.323 e. The van der Waals surface area contributed by atoms with E-state index in [1.807, 2.05) is 6.92 Å². The minimum Gasteiger partial charge on any atom is -0.464 e. The van der Waals surface area contributed by atoms with Crippen molar-refractivity contribution in [2.45, 2.75) is 13.8 Å². The Labute approximate surface area is 112 Å². The summed E-state index contributed by atoms with van der Waals surface area (Å²) in [5.41, 5.74) is 2.45. The summed E-state index contributed by atoms with van der Waals surface area (Å²) in [6, 6.07) is 0.304. The van der Waals surface area contributed by atoms with Crippen LogP contribution < -0.4 is 20.9 Å². The van der Waals surface area contributed by atoms with Crippen molar-refractivity contribution in [3.8, 4) is 6.01 Å². The fourth-order valence-electron chi connectivity index (χ4n) is 2.01. The van der Waals surface area contributed by atoms with Crippen molar-refractivity contribution >= 4 is 11.9 Å². The highest BCUT2D eigenvalue weighted by Crippen LogP contribution is 2.16. The number of anilines is 2. The molecule has 1 saturated heterocycles. The molecule has 0 bridgehead atoms. The topological polar surface area (TPSA) is 92.4 Å². The molecule has 8 nitrogen and oxygen atoms in total. The molecule has 3 N–H and O–H groups in total. The van der Waals surface area contributed by atoms with E-state index in [1.54, 1.807) is 0 Å². The molecule has 1 aromatic heterocycles. The third kappa shape index (κ3) is 3.42. The van der Waals surface area contributed by atoms with Crippen LogP contribution in [0.5, 0.6) is 6.01 Å². The molecule has 0 aromatic carbocycles. The molecule has 0 atom stereocenters. The molecule has 0 amide bonds. The molecule has 0 radical (unpaired) electrons. The summed E-state index contributed by atoms with van der Waals surface area (Å²) in [6.45, 7) is 9.46. The van der Waals surface area contributed by atoms with E-state index in [0.717, 1.165) is 32.7 Å². The average Bonchev–Trinajstić information content (AvgIpc) is 2.47. The first-order chi connectivity index (χ1) is 9.26. The van der Waals surface area contributed by atoms with Gasteiger partial charge in [0, 0.05) is 26.2 Å². The molecule has 0 unspecified atom stereocenters. The van der Waals surface area contributed by atoms with Crippen LogP contribution in [0.4, 0.5) is 11.9 Å². The number of likely N-dealkylation sites (N-methyl/N-ethyl adjacent to an activating group) is 1. The van der Waals surface area contributed by atoms with E-state index >= 15 is 0 Å².